The lowest BCUT2D eigenvalue weighted by molar-refractivity contribution is -0.133. The van der Waals surface area contributed by atoms with E-state index >= 15 is 0 Å². The largest absolute Gasteiger partial charge is 0.425 e. The number of benzene rings is 1. The Morgan fingerprint density at radius 1 is 1.32 bits per heavy atom. The summed E-state index contributed by atoms with van der Waals surface area (Å²) < 4.78 is 5.21. The monoisotopic (exact) mass is 314 g/mol. The number of nitrogens with zero attached hydrogens (tertiary/aromatic N) is 2. The van der Waals surface area contributed by atoms with Crippen LogP contribution in [0, 0.1) is 0 Å². The summed E-state index contributed by atoms with van der Waals surface area (Å²) in [7, 11) is 0. The number of nitrogens with two attached hydrogens (primary N) is 1. The van der Waals surface area contributed by atoms with E-state index < -0.39 is 0 Å². The number of hydrogen-bond donors (Lipinski definition) is 2. The molecule has 3 N–H and O–H groups in total. The molecule has 6 nitrogen and oxygen atoms in total. The van der Waals surface area contributed by atoms with E-state index in [1.54, 1.807) is 12.1 Å². The van der Waals surface area contributed by atoms with Crippen LogP contribution in [0.1, 0.15) is 11.3 Å². The summed E-state index contributed by atoms with van der Waals surface area (Å²) in [6, 6.07) is 12.7. The molecule has 7 heteroatoms. The quantitative estimate of drug-likeness (QED) is 0.375. The van der Waals surface area contributed by atoms with Crippen molar-refractivity contribution in [3.63, 3.8) is 0 Å². The van der Waals surface area contributed by atoms with Crippen LogP contribution < -0.4 is 15.9 Å². The van der Waals surface area contributed by atoms with Gasteiger partial charge in [0.15, 0.2) is 5.11 Å². The van der Waals surface area contributed by atoms with Gasteiger partial charge < -0.3 is 10.5 Å². The van der Waals surface area contributed by atoms with E-state index in [0.29, 0.717) is 11.4 Å². The molecule has 0 aliphatic heterocycles. The van der Waals surface area contributed by atoms with Gasteiger partial charge in [0, 0.05) is 0 Å². The van der Waals surface area contributed by atoms with Gasteiger partial charge in [0.05, 0.1) is 24.5 Å². The predicted octanol–water partition coefficient (Wildman–Crippen LogP) is 1.40. The number of rotatable bonds is 5. The Morgan fingerprint density at radius 2 is 2.09 bits per heavy atom. The minimum atomic E-state index is -0.343. The standard InChI is InChI=1S/C15H14N4O2S/c16-15(22)19-18-9-12-6-7-13(10-17-12)21-14(20)8-11-4-2-1-3-5-11/h1-7,9-10H,8H2,(H3,16,19,22)/b18-9+. The van der Waals surface area contributed by atoms with Gasteiger partial charge in [0.2, 0.25) is 0 Å². The summed E-state index contributed by atoms with van der Waals surface area (Å²) in [5.74, 6) is 0.0324. The first kappa shape index (κ1) is 15.6. The summed E-state index contributed by atoms with van der Waals surface area (Å²) in [5, 5.41) is 3.85. The highest BCUT2D eigenvalue weighted by atomic mass is 32.1. The molecule has 0 aliphatic carbocycles. The Bertz CT molecular complexity index is 672. The van der Waals surface area contributed by atoms with Crippen molar-refractivity contribution in [2.75, 3.05) is 0 Å². The zero-order chi connectivity index (χ0) is 15.8. The zero-order valence-corrected chi connectivity index (χ0v) is 12.4. The fourth-order valence-electron chi connectivity index (χ4n) is 1.62. The number of esters is 1. The van der Waals surface area contributed by atoms with Crippen molar-refractivity contribution >= 4 is 29.5 Å². The molecule has 112 valence electrons. The number of ether oxygens (including phenoxy) is 1. The minimum Gasteiger partial charge on any atom is -0.425 e. The summed E-state index contributed by atoms with van der Waals surface area (Å²) >= 11 is 4.61. The van der Waals surface area contributed by atoms with Crippen LogP contribution in [0.25, 0.3) is 0 Å². The third-order valence-electron chi connectivity index (χ3n) is 2.55. The van der Waals surface area contributed by atoms with Crippen LogP contribution in [0.2, 0.25) is 0 Å². The molecule has 0 atom stereocenters. The number of thiocarbonyl (C=S) groups is 1. The van der Waals surface area contributed by atoms with E-state index in [1.165, 1.54) is 12.4 Å². The summed E-state index contributed by atoms with van der Waals surface area (Å²) in [6.45, 7) is 0. The molecule has 1 heterocycles. The van der Waals surface area contributed by atoms with Gasteiger partial charge in [-0.3, -0.25) is 15.2 Å². The highest BCUT2D eigenvalue weighted by Crippen LogP contribution is 2.10. The first-order valence-corrected chi connectivity index (χ1v) is 6.83. The number of carbonyl (C=O) groups is 1. The van der Waals surface area contributed by atoms with Crippen molar-refractivity contribution in [2.24, 2.45) is 10.8 Å². The van der Waals surface area contributed by atoms with Crippen LogP contribution in [0.3, 0.4) is 0 Å². The van der Waals surface area contributed by atoms with Crippen LogP contribution in [0.4, 0.5) is 0 Å². The zero-order valence-electron chi connectivity index (χ0n) is 11.6. The lowest BCUT2D eigenvalue weighted by Crippen LogP contribution is -2.24. The van der Waals surface area contributed by atoms with E-state index in [9.17, 15) is 4.79 Å². The third-order valence-corrected chi connectivity index (χ3v) is 2.65. The van der Waals surface area contributed by atoms with Gasteiger partial charge in [-0.05, 0) is 29.9 Å². The lowest BCUT2D eigenvalue weighted by atomic mass is 10.2. The SMILES string of the molecule is NC(=S)N/N=C/c1ccc(OC(=O)Cc2ccccc2)cn1. The lowest BCUT2D eigenvalue weighted by Gasteiger charge is -2.04. The number of aromatic nitrogens is 1. The van der Waals surface area contributed by atoms with Crippen molar-refractivity contribution in [1.82, 2.24) is 10.4 Å². The maximum atomic E-state index is 11.8. The van der Waals surface area contributed by atoms with Crippen LogP contribution in [0.5, 0.6) is 5.75 Å². The van der Waals surface area contributed by atoms with Gasteiger partial charge in [0.25, 0.3) is 0 Å². The smallest absolute Gasteiger partial charge is 0.315 e. The Morgan fingerprint density at radius 3 is 2.73 bits per heavy atom. The second kappa shape index (κ2) is 7.84. The van der Waals surface area contributed by atoms with Crippen molar-refractivity contribution in [3.8, 4) is 5.75 Å². The molecule has 0 spiro atoms. The van der Waals surface area contributed by atoms with Gasteiger partial charge in [-0.2, -0.15) is 5.10 Å². The summed E-state index contributed by atoms with van der Waals surface area (Å²) in [5.41, 5.74) is 9.12. The van der Waals surface area contributed by atoms with E-state index in [0.717, 1.165) is 5.56 Å². The second-order valence-corrected chi connectivity index (χ2v) is 4.73. The topological polar surface area (TPSA) is 89.6 Å². The maximum absolute atomic E-state index is 11.8. The molecule has 22 heavy (non-hydrogen) atoms. The molecule has 2 aromatic rings. The highest BCUT2D eigenvalue weighted by molar-refractivity contribution is 7.80. The van der Waals surface area contributed by atoms with Gasteiger partial charge in [0.1, 0.15) is 5.75 Å². The normalized spacial score (nSPS) is 10.4. The molecule has 0 saturated carbocycles. The first-order valence-electron chi connectivity index (χ1n) is 6.42. The van der Waals surface area contributed by atoms with E-state index in [2.05, 4.69) is 27.7 Å². The van der Waals surface area contributed by atoms with Crippen molar-refractivity contribution in [2.45, 2.75) is 6.42 Å². The van der Waals surface area contributed by atoms with Crippen molar-refractivity contribution < 1.29 is 9.53 Å². The first-order chi connectivity index (χ1) is 10.6. The number of carbonyl (C=O) groups excluding carboxylic acids is 1. The molecule has 0 bridgehead atoms. The molecule has 1 aromatic carbocycles. The fraction of sp³-hybridized carbons (Fsp3) is 0.0667. The Labute approximate surface area is 133 Å². The van der Waals surface area contributed by atoms with Gasteiger partial charge in [-0.15, -0.1) is 0 Å². The molecule has 0 fully saturated rings. The average molecular weight is 314 g/mol. The Kier molecular flexibility index (Phi) is 5.56. The molecular formula is C15H14N4O2S. The van der Waals surface area contributed by atoms with Gasteiger partial charge in [-0.1, -0.05) is 30.3 Å². The third kappa shape index (κ3) is 5.29. The molecule has 2 rings (SSSR count). The fourth-order valence-corrected chi connectivity index (χ4v) is 1.67. The van der Waals surface area contributed by atoms with Crippen LogP contribution in [-0.4, -0.2) is 22.3 Å². The van der Waals surface area contributed by atoms with Crippen molar-refractivity contribution in [3.05, 3.63) is 59.9 Å². The predicted molar refractivity (Wildman–Crippen MR) is 87.5 cm³/mol. The second-order valence-electron chi connectivity index (χ2n) is 4.29. The molecule has 0 saturated heterocycles. The summed E-state index contributed by atoms with van der Waals surface area (Å²) in [4.78, 5) is 15.9. The minimum absolute atomic E-state index is 0.0720. The molecule has 0 amide bonds. The van der Waals surface area contributed by atoms with Crippen LogP contribution in [0.15, 0.2) is 53.8 Å². The van der Waals surface area contributed by atoms with Crippen LogP contribution in [-0.2, 0) is 11.2 Å². The average Bonchev–Trinajstić information content (AvgIpc) is 2.49. The molecule has 0 aliphatic rings. The Hall–Kier alpha value is -2.80. The number of nitrogens with one attached hydrogen (secondary N) is 1. The number of pyridine rings is 1. The van der Waals surface area contributed by atoms with E-state index in [1.807, 2.05) is 30.3 Å². The van der Waals surface area contributed by atoms with Crippen molar-refractivity contribution in [1.29, 1.82) is 0 Å². The Balaban J connectivity index is 1.89. The molecular weight excluding hydrogens is 300 g/mol. The van der Waals surface area contributed by atoms with Gasteiger partial charge >= 0.3 is 5.97 Å². The number of hydrazone groups is 1. The highest BCUT2D eigenvalue weighted by Gasteiger charge is 2.06. The van der Waals surface area contributed by atoms with E-state index in [4.69, 9.17) is 10.5 Å². The maximum Gasteiger partial charge on any atom is 0.315 e. The van der Waals surface area contributed by atoms with E-state index in [-0.39, 0.29) is 17.5 Å². The van der Waals surface area contributed by atoms with Gasteiger partial charge in [-0.25, -0.2) is 0 Å². The molecule has 0 unspecified atom stereocenters. The molecule has 0 radical (unpaired) electrons. The number of hydrogen-bond acceptors (Lipinski definition) is 5. The molecule has 1 aromatic heterocycles. The van der Waals surface area contributed by atoms with Crippen LogP contribution >= 0.6 is 12.2 Å². The summed E-state index contributed by atoms with van der Waals surface area (Å²) in [6.07, 6.45) is 3.11.